The lowest BCUT2D eigenvalue weighted by Gasteiger charge is -2.26. The van der Waals surface area contributed by atoms with Crippen LogP contribution in [0.3, 0.4) is 0 Å². The van der Waals surface area contributed by atoms with Crippen LogP contribution >= 0.6 is 0 Å². The number of ether oxygens (including phenoxy) is 2. The standard InChI is InChI=1S/C29H29F3N4O3/c1-19-5-6-24(35-28(37)12-20-3-2-4-23(11-20)29(30,31)32)14-27(19)36-18-22(16-34-36)21-13-26(17-33-15-21)39-25-7-9-38-10-8-25/h2-6,11,14-18,21,25H,7-10,12-13H2,1H3,(H,35,37). The van der Waals surface area contributed by atoms with E-state index in [0.29, 0.717) is 25.3 Å². The predicted octanol–water partition coefficient (Wildman–Crippen LogP) is 5.98. The second-order valence-corrected chi connectivity index (χ2v) is 9.78. The molecule has 3 aromatic rings. The van der Waals surface area contributed by atoms with E-state index < -0.39 is 17.6 Å². The van der Waals surface area contributed by atoms with Crippen LogP contribution in [0.4, 0.5) is 18.9 Å². The van der Waals surface area contributed by atoms with Crippen molar-refractivity contribution in [1.82, 2.24) is 9.78 Å². The van der Waals surface area contributed by atoms with E-state index in [2.05, 4.69) is 15.4 Å². The Morgan fingerprint density at radius 2 is 2.00 bits per heavy atom. The molecule has 0 spiro atoms. The number of benzene rings is 2. The molecule has 1 aromatic heterocycles. The Morgan fingerprint density at radius 1 is 1.18 bits per heavy atom. The zero-order chi connectivity index (χ0) is 27.4. The molecule has 39 heavy (non-hydrogen) atoms. The molecule has 0 saturated carbocycles. The van der Waals surface area contributed by atoms with Crippen LogP contribution in [0.25, 0.3) is 5.69 Å². The Labute approximate surface area is 224 Å². The van der Waals surface area contributed by atoms with E-state index in [1.54, 1.807) is 29.2 Å². The third-order valence-electron chi connectivity index (χ3n) is 6.78. The minimum absolute atomic E-state index is 0.0224. The quantitative estimate of drug-likeness (QED) is 0.402. The van der Waals surface area contributed by atoms with E-state index in [1.165, 1.54) is 12.1 Å². The van der Waals surface area contributed by atoms with E-state index in [0.717, 1.165) is 47.5 Å². The first-order valence-corrected chi connectivity index (χ1v) is 12.8. The fourth-order valence-electron chi connectivity index (χ4n) is 4.68. The molecule has 7 nitrogen and oxygen atoms in total. The number of nitrogens with zero attached hydrogens (tertiary/aromatic N) is 3. The second-order valence-electron chi connectivity index (χ2n) is 9.78. The van der Waals surface area contributed by atoms with E-state index in [9.17, 15) is 18.0 Å². The predicted molar refractivity (Wildman–Crippen MR) is 141 cm³/mol. The fourth-order valence-corrected chi connectivity index (χ4v) is 4.68. The van der Waals surface area contributed by atoms with Gasteiger partial charge in [-0.2, -0.15) is 18.3 Å². The molecule has 2 aromatic carbocycles. The summed E-state index contributed by atoms with van der Waals surface area (Å²) in [5.74, 6) is 0.464. The molecule has 1 fully saturated rings. The minimum Gasteiger partial charge on any atom is -0.493 e. The largest absolute Gasteiger partial charge is 0.493 e. The highest BCUT2D eigenvalue weighted by Gasteiger charge is 2.30. The van der Waals surface area contributed by atoms with Gasteiger partial charge in [-0.25, -0.2) is 4.68 Å². The third-order valence-corrected chi connectivity index (χ3v) is 6.78. The second kappa shape index (κ2) is 11.4. The number of allylic oxidation sites excluding steroid dienone is 1. The van der Waals surface area contributed by atoms with Crippen molar-refractivity contribution in [2.24, 2.45) is 4.99 Å². The number of carbonyl (C=O) groups is 1. The van der Waals surface area contributed by atoms with Crippen LogP contribution in [-0.2, 0) is 26.9 Å². The first-order chi connectivity index (χ1) is 18.7. The molecule has 0 aliphatic carbocycles. The van der Waals surface area contributed by atoms with Gasteiger partial charge in [0.05, 0.1) is 43.3 Å². The van der Waals surface area contributed by atoms with Crippen LogP contribution in [0.5, 0.6) is 0 Å². The number of anilines is 1. The average Bonchev–Trinajstić information content (AvgIpc) is 3.40. The number of amides is 1. The Bertz CT molecular complexity index is 1390. The van der Waals surface area contributed by atoms with Crippen molar-refractivity contribution in [2.75, 3.05) is 18.5 Å². The Hall–Kier alpha value is -3.92. The monoisotopic (exact) mass is 538 g/mol. The summed E-state index contributed by atoms with van der Waals surface area (Å²) >= 11 is 0. The Kier molecular flexibility index (Phi) is 7.83. The number of carbonyl (C=O) groups excluding carboxylic acids is 1. The van der Waals surface area contributed by atoms with Crippen LogP contribution in [0.2, 0.25) is 0 Å². The Morgan fingerprint density at radius 3 is 2.79 bits per heavy atom. The topological polar surface area (TPSA) is 77.7 Å². The molecule has 0 radical (unpaired) electrons. The summed E-state index contributed by atoms with van der Waals surface area (Å²) in [4.78, 5) is 17.0. The number of alkyl halides is 3. The normalized spacial score (nSPS) is 18.1. The highest BCUT2D eigenvalue weighted by molar-refractivity contribution is 5.92. The van der Waals surface area contributed by atoms with Crippen molar-refractivity contribution in [1.29, 1.82) is 0 Å². The van der Waals surface area contributed by atoms with E-state index in [4.69, 9.17) is 9.47 Å². The van der Waals surface area contributed by atoms with E-state index in [1.807, 2.05) is 25.4 Å². The van der Waals surface area contributed by atoms with Gasteiger partial charge >= 0.3 is 6.18 Å². The molecule has 0 bridgehead atoms. The van der Waals surface area contributed by atoms with Gasteiger partial charge in [0, 0.05) is 43.3 Å². The van der Waals surface area contributed by atoms with Gasteiger partial charge < -0.3 is 14.8 Å². The van der Waals surface area contributed by atoms with Gasteiger partial charge in [-0.3, -0.25) is 9.79 Å². The summed E-state index contributed by atoms with van der Waals surface area (Å²) in [6.07, 6.45) is 5.34. The van der Waals surface area contributed by atoms with Gasteiger partial charge in [-0.1, -0.05) is 24.3 Å². The van der Waals surface area contributed by atoms with Crippen LogP contribution in [0, 0.1) is 6.92 Å². The van der Waals surface area contributed by atoms with Gasteiger partial charge in [0.1, 0.15) is 11.9 Å². The average molecular weight is 539 g/mol. The smallest absolute Gasteiger partial charge is 0.416 e. The molecule has 3 heterocycles. The summed E-state index contributed by atoms with van der Waals surface area (Å²) in [6.45, 7) is 3.36. The number of hydrogen-bond donors (Lipinski definition) is 1. The van der Waals surface area contributed by atoms with Gasteiger partial charge in [0.2, 0.25) is 5.91 Å². The molecule has 1 N–H and O–H groups in total. The van der Waals surface area contributed by atoms with E-state index in [-0.39, 0.29) is 24.0 Å². The lowest BCUT2D eigenvalue weighted by molar-refractivity contribution is -0.137. The van der Waals surface area contributed by atoms with Gasteiger partial charge in [-0.05, 0) is 41.8 Å². The molecule has 10 heteroatoms. The zero-order valence-electron chi connectivity index (χ0n) is 21.4. The third kappa shape index (κ3) is 6.75. The summed E-state index contributed by atoms with van der Waals surface area (Å²) < 4.78 is 52.3. The zero-order valence-corrected chi connectivity index (χ0v) is 21.4. The number of rotatable bonds is 7. The molecule has 1 saturated heterocycles. The molecular weight excluding hydrogens is 509 g/mol. The van der Waals surface area contributed by atoms with Crippen LogP contribution in [0.1, 0.15) is 47.4 Å². The lowest BCUT2D eigenvalue weighted by atomic mass is 9.97. The number of aliphatic imine (C=N–C) groups is 1. The summed E-state index contributed by atoms with van der Waals surface area (Å²) in [5.41, 5.74) is 2.74. The first-order valence-electron chi connectivity index (χ1n) is 12.8. The summed E-state index contributed by atoms with van der Waals surface area (Å²) in [7, 11) is 0. The minimum atomic E-state index is -4.46. The van der Waals surface area contributed by atoms with Crippen LogP contribution in [0.15, 0.2) is 71.8 Å². The van der Waals surface area contributed by atoms with E-state index >= 15 is 0 Å². The maximum atomic E-state index is 13.0. The maximum Gasteiger partial charge on any atom is 0.416 e. The summed E-state index contributed by atoms with van der Waals surface area (Å²) in [5, 5.41) is 7.33. The molecule has 5 rings (SSSR count). The number of hydrogen-bond acceptors (Lipinski definition) is 5. The van der Waals surface area contributed by atoms with Gasteiger partial charge in [0.15, 0.2) is 0 Å². The number of nitrogens with one attached hydrogen (secondary N) is 1. The highest BCUT2D eigenvalue weighted by atomic mass is 19.4. The van der Waals surface area contributed by atoms with Crippen molar-refractivity contribution in [3.05, 3.63) is 89.1 Å². The molecule has 1 atom stereocenters. The fraction of sp³-hybridized carbons (Fsp3) is 0.345. The molecule has 1 amide bonds. The first kappa shape index (κ1) is 26.7. The van der Waals surface area contributed by atoms with Crippen LogP contribution < -0.4 is 5.32 Å². The maximum absolute atomic E-state index is 13.0. The van der Waals surface area contributed by atoms with Crippen molar-refractivity contribution >= 4 is 17.8 Å². The van der Waals surface area contributed by atoms with Gasteiger partial charge in [-0.15, -0.1) is 0 Å². The molecule has 1 unspecified atom stereocenters. The molecule has 204 valence electrons. The number of halogens is 3. The number of aromatic nitrogens is 2. The summed E-state index contributed by atoms with van der Waals surface area (Å²) in [6, 6.07) is 10.2. The van der Waals surface area contributed by atoms with Gasteiger partial charge in [0.25, 0.3) is 0 Å². The molecule has 2 aliphatic rings. The SMILES string of the molecule is Cc1ccc(NC(=O)Cc2cccc(C(F)(F)F)c2)cc1-n1cc(C2C=NC=C(OC3CCOCC3)C2)cn1. The highest BCUT2D eigenvalue weighted by Crippen LogP contribution is 2.31. The number of aryl methyl sites for hydroxylation is 1. The van der Waals surface area contributed by atoms with Crippen molar-refractivity contribution in [3.63, 3.8) is 0 Å². The Balaban J connectivity index is 1.24. The van der Waals surface area contributed by atoms with Crippen molar-refractivity contribution < 1.29 is 27.4 Å². The lowest BCUT2D eigenvalue weighted by Crippen LogP contribution is -2.24. The van der Waals surface area contributed by atoms with Crippen molar-refractivity contribution in [2.45, 2.75) is 50.8 Å². The van der Waals surface area contributed by atoms with Crippen molar-refractivity contribution in [3.8, 4) is 5.69 Å². The van der Waals surface area contributed by atoms with Crippen LogP contribution in [-0.4, -0.2) is 41.2 Å². The molecular formula is C29H29F3N4O3. The molecule has 2 aliphatic heterocycles.